The van der Waals surface area contributed by atoms with Crippen LogP contribution in [0.2, 0.25) is 10.0 Å². The summed E-state index contributed by atoms with van der Waals surface area (Å²) in [4.78, 5) is 14.2. The van der Waals surface area contributed by atoms with Gasteiger partial charge in [0.1, 0.15) is 0 Å². The quantitative estimate of drug-likeness (QED) is 0.732. The van der Waals surface area contributed by atoms with Crippen LogP contribution in [0.15, 0.2) is 47.4 Å². The Hall–Kier alpha value is -1.64. The molecule has 6 nitrogen and oxygen atoms in total. The molecule has 0 aliphatic heterocycles. The number of carbonyl (C=O) groups excluding carboxylic acids is 1. The number of hydrogen-bond donors (Lipinski definition) is 1. The fraction of sp³-hybridized carbons (Fsp3) is 0.278. The van der Waals surface area contributed by atoms with E-state index in [1.54, 1.807) is 31.3 Å². The molecule has 0 saturated carbocycles. The highest BCUT2D eigenvalue weighted by atomic mass is 35.5. The van der Waals surface area contributed by atoms with Crippen LogP contribution < -0.4 is 5.32 Å². The molecule has 0 aliphatic carbocycles. The van der Waals surface area contributed by atoms with Crippen LogP contribution in [0, 0.1) is 0 Å². The number of rotatable bonds is 7. The van der Waals surface area contributed by atoms with Crippen molar-refractivity contribution in [1.82, 2.24) is 9.21 Å². The van der Waals surface area contributed by atoms with Crippen molar-refractivity contribution in [3.8, 4) is 0 Å². The Morgan fingerprint density at radius 3 is 2.22 bits per heavy atom. The van der Waals surface area contributed by atoms with Gasteiger partial charge in [-0.2, -0.15) is 0 Å². The maximum absolute atomic E-state index is 12.2. The zero-order chi connectivity index (χ0) is 20.2. The summed E-state index contributed by atoms with van der Waals surface area (Å²) in [7, 11) is 1.24. The summed E-state index contributed by atoms with van der Waals surface area (Å²) in [6, 6.07) is 11.3. The third-order valence-corrected chi connectivity index (χ3v) is 6.20. The summed E-state index contributed by atoms with van der Waals surface area (Å²) in [6.45, 7) is 0.639. The lowest BCUT2D eigenvalue weighted by Crippen LogP contribution is -2.30. The molecule has 0 spiro atoms. The zero-order valence-corrected chi connectivity index (χ0v) is 17.6. The molecule has 0 aliphatic rings. The van der Waals surface area contributed by atoms with Gasteiger partial charge in [-0.15, -0.1) is 0 Å². The van der Waals surface area contributed by atoms with Crippen LogP contribution in [0.4, 0.5) is 5.69 Å². The van der Waals surface area contributed by atoms with Crippen molar-refractivity contribution in [3.63, 3.8) is 0 Å². The Morgan fingerprint density at radius 2 is 1.67 bits per heavy atom. The Labute approximate surface area is 169 Å². The molecule has 0 saturated heterocycles. The van der Waals surface area contributed by atoms with Gasteiger partial charge in [-0.3, -0.25) is 9.69 Å². The minimum absolute atomic E-state index is 0.150. The lowest BCUT2D eigenvalue weighted by Gasteiger charge is -2.17. The first-order chi connectivity index (χ1) is 12.6. The molecule has 27 heavy (non-hydrogen) atoms. The van der Waals surface area contributed by atoms with Crippen LogP contribution in [0.5, 0.6) is 0 Å². The van der Waals surface area contributed by atoms with Gasteiger partial charge in [0, 0.05) is 36.4 Å². The van der Waals surface area contributed by atoms with E-state index in [1.807, 2.05) is 11.0 Å². The number of halogens is 2. The first-order valence-corrected chi connectivity index (χ1v) is 10.2. The zero-order valence-electron chi connectivity index (χ0n) is 15.2. The lowest BCUT2D eigenvalue weighted by atomic mass is 10.2. The number of nitrogens with one attached hydrogen (secondary N) is 1. The Kier molecular flexibility index (Phi) is 7.25. The maximum Gasteiger partial charge on any atom is 0.242 e. The molecule has 2 aromatic carbocycles. The van der Waals surface area contributed by atoms with Gasteiger partial charge in [0.05, 0.1) is 11.4 Å². The van der Waals surface area contributed by atoms with Gasteiger partial charge >= 0.3 is 0 Å². The molecular formula is C18H21Cl2N3O3S. The number of amides is 1. The molecule has 0 aromatic heterocycles. The SMILES string of the molecule is CN(CC(=O)Nc1ccc(S(=O)(=O)N(C)C)cc1)Cc1ccc(Cl)cc1Cl. The molecule has 0 unspecified atom stereocenters. The molecule has 0 atom stereocenters. The van der Waals surface area contributed by atoms with E-state index in [0.29, 0.717) is 22.3 Å². The standard InChI is InChI=1S/C18H21Cl2N3O3S/c1-22(2)27(25,26)16-8-6-15(7-9-16)21-18(24)12-23(3)11-13-4-5-14(19)10-17(13)20/h4-10H,11-12H2,1-3H3,(H,21,24). The number of sulfonamides is 1. The van der Waals surface area contributed by atoms with Crippen LogP contribution in [-0.2, 0) is 21.4 Å². The fourth-order valence-corrected chi connectivity index (χ4v) is 3.73. The maximum atomic E-state index is 12.2. The number of hydrogen-bond acceptors (Lipinski definition) is 4. The number of nitrogens with zero attached hydrogens (tertiary/aromatic N) is 2. The summed E-state index contributed by atoms with van der Waals surface area (Å²) in [6.07, 6.45) is 0. The van der Waals surface area contributed by atoms with Crippen LogP contribution >= 0.6 is 23.2 Å². The Balaban J connectivity index is 1.95. The average molecular weight is 430 g/mol. The third-order valence-electron chi connectivity index (χ3n) is 3.79. The molecule has 9 heteroatoms. The molecule has 146 valence electrons. The summed E-state index contributed by atoms with van der Waals surface area (Å²) >= 11 is 12.0. The van der Waals surface area contributed by atoms with Crippen molar-refractivity contribution >= 4 is 44.8 Å². The number of benzene rings is 2. The summed E-state index contributed by atoms with van der Waals surface area (Å²) in [5, 5.41) is 3.85. The monoisotopic (exact) mass is 429 g/mol. The number of likely N-dealkylation sites (N-methyl/N-ethyl adjacent to an activating group) is 1. The van der Waals surface area contributed by atoms with Gasteiger partial charge in [-0.05, 0) is 49.0 Å². The van der Waals surface area contributed by atoms with Gasteiger partial charge < -0.3 is 5.32 Å². The van der Waals surface area contributed by atoms with E-state index in [2.05, 4.69) is 5.32 Å². The summed E-state index contributed by atoms with van der Waals surface area (Å²) in [5.41, 5.74) is 1.39. The normalized spacial score (nSPS) is 11.8. The molecule has 2 aromatic rings. The van der Waals surface area contributed by atoms with Gasteiger partial charge in [-0.1, -0.05) is 29.3 Å². The molecule has 1 N–H and O–H groups in total. The summed E-state index contributed by atoms with van der Waals surface area (Å²) < 4.78 is 25.2. The molecular weight excluding hydrogens is 409 g/mol. The minimum atomic E-state index is -3.49. The number of anilines is 1. The molecule has 2 rings (SSSR count). The van der Waals surface area contributed by atoms with Crippen LogP contribution in [0.3, 0.4) is 0 Å². The van der Waals surface area contributed by atoms with E-state index in [0.717, 1.165) is 9.87 Å². The van der Waals surface area contributed by atoms with Gasteiger partial charge in [0.25, 0.3) is 0 Å². The number of carbonyl (C=O) groups is 1. The van der Waals surface area contributed by atoms with E-state index in [4.69, 9.17) is 23.2 Å². The Morgan fingerprint density at radius 1 is 1.04 bits per heavy atom. The third kappa shape index (κ3) is 5.92. The predicted octanol–water partition coefficient (Wildman–Crippen LogP) is 3.31. The fourth-order valence-electron chi connectivity index (χ4n) is 2.36. The predicted molar refractivity (Wildman–Crippen MR) is 109 cm³/mol. The smallest absolute Gasteiger partial charge is 0.242 e. The van der Waals surface area contributed by atoms with E-state index < -0.39 is 10.0 Å². The molecule has 0 bridgehead atoms. The molecule has 0 heterocycles. The van der Waals surface area contributed by atoms with Crippen molar-refractivity contribution in [2.75, 3.05) is 33.0 Å². The first kappa shape index (κ1) is 21.7. The highest BCUT2D eigenvalue weighted by Crippen LogP contribution is 2.22. The van der Waals surface area contributed by atoms with Crippen molar-refractivity contribution < 1.29 is 13.2 Å². The van der Waals surface area contributed by atoms with Crippen LogP contribution in [0.25, 0.3) is 0 Å². The summed E-state index contributed by atoms with van der Waals surface area (Å²) in [5.74, 6) is -0.217. The van der Waals surface area contributed by atoms with Gasteiger partial charge in [0.2, 0.25) is 15.9 Å². The van der Waals surface area contributed by atoms with E-state index in [-0.39, 0.29) is 17.3 Å². The highest BCUT2D eigenvalue weighted by Gasteiger charge is 2.17. The van der Waals surface area contributed by atoms with Gasteiger partial charge in [0.15, 0.2) is 0 Å². The second-order valence-corrected chi connectivity index (χ2v) is 9.26. The Bertz CT molecular complexity index is 916. The molecule has 0 fully saturated rings. The first-order valence-electron chi connectivity index (χ1n) is 8.04. The average Bonchev–Trinajstić information content (AvgIpc) is 2.57. The van der Waals surface area contributed by atoms with Crippen LogP contribution in [-0.4, -0.2) is 51.2 Å². The van der Waals surface area contributed by atoms with Crippen molar-refractivity contribution in [3.05, 3.63) is 58.1 Å². The topological polar surface area (TPSA) is 69.7 Å². The van der Waals surface area contributed by atoms with E-state index in [1.165, 1.54) is 26.2 Å². The van der Waals surface area contributed by atoms with Crippen molar-refractivity contribution in [2.45, 2.75) is 11.4 Å². The molecule has 0 radical (unpaired) electrons. The minimum Gasteiger partial charge on any atom is -0.325 e. The second kappa shape index (κ2) is 9.03. The van der Waals surface area contributed by atoms with E-state index >= 15 is 0 Å². The van der Waals surface area contributed by atoms with Gasteiger partial charge in [-0.25, -0.2) is 12.7 Å². The molecule has 1 amide bonds. The van der Waals surface area contributed by atoms with Crippen LogP contribution in [0.1, 0.15) is 5.56 Å². The van der Waals surface area contributed by atoms with E-state index in [9.17, 15) is 13.2 Å². The van der Waals surface area contributed by atoms with Crippen molar-refractivity contribution in [1.29, 1.82) is 0 Å². The largest absolute Gasteiger partial charge is 0.325 e. The van der Waals surface area contributed by atoms with Crippen molar-refractivity contribution in [2.24, 2.45) is 0 Å². The highest BCUT2D eigenvalue weighted by molar-refractivity contribution is 7.89. The second-order valence-electron chi connectivity index (χ2n) is 6.27. The lowest BCUT2D eigenvalue weighted by molar-refractivity contribution is -0.117.